The number of ether oxygens (including phenoxy) is 1. The molecule has 1 saturated carbocycles. The molecule has 5 heteroatoms. The second-order valence-electron chi connectivity index (χ2n) is 8.40. The second kappa shape index (κ2) is 7.30. The number of anilines is 1. The van der Waals surface area contributed by atoms with Gasteiger partial charge in [-0.25, -0.2) is 0 Å². The lowest BCUT2D eigenvalue weighted by molar-refractivity contribution is -0.141. The Labute approximate surface area is 171 Å². The van der Waals surface area contributed by atoms with E-state index in [2.05, 4.69) is 11.4 Å². The van der Waals surface area contributed by atoms with Crippen LogP contribution in [0.4, 0.5) is 5.69 Å². The van der Waals surface area contributed by atoms with Gasteiger partial charge in [0.15, 0.2) is 0 Å². The van der Waals surface area contributed by atoms with E-state index in [1.54, 1.807) is 0 Å². The summed E-state index contributed by atoms with van der Waals surface area (Å²) in [5.74, 6) is 0.162. The molecule has 5 rings (SSSR count). The highest BCUT2D eigenvalue weighted by Crippen LogP contribution is 2.49. The third-order valence-corrected chi connectivity index (χ3v) is 6.50. The molecular weight excluding hydrogens is 364 g/mol. The summed E-state index contributed by atoms with van der Waals surface area (Å²) in [5, 5.41) is 3.13. The molecule has 1 atom stereocenters. The Kier molecular flexibility index (Phi) is 4.63. The number of amides is 2. The van der Waals surface area contributed by atoms with Gasteiger partial charge in [0.2, 0.25) is 5.91 Å². The van der Waals surface area contributed by atoms with Crippen molar-refractivity contribution in [2.45, 2.75) is 50.2 Å². The zero-order valence-electron chi connectivity index (χ0n) is 16.5. The van der Waals surface area contributed by atoms with Crippen molar-refractivity contribution in [3.63, 3.8) is 0 Å². The summed E-state index contributed by atoms with van der Waals surface area (Å²) in [7, 11) is 0. The first-order chi connectivity index (χ1) is 14.2. The molecule has 3 aliphatic rings. The molecule has 0 unspecified atom stereocenters. The largest absolute Gasteiger partial charge is 0.368 e. The second-order valence-corrected chi connectivity index (χ2v) is 8.40. The van der Waals surface area contributed by atoms with Gasteiger partial charge in [0, 0.05) is 25.4 Å². The standard InChI is InChI=1S/C24H26N2O3/c27-22(21-7-4-14-29-21)26-13-10-17-8-9-20(15-18(17)16-26)25-23(28)24(11-12-24)19-5-2-1-3-6-19/h1-3,5-6,8-9,15,21H,4,7,10-14,16H2,(H,25,28)/t21-/m0/s1. The molecule has 1 saturated heterocycles. The maximum atomic E-state index is 13.0. The maximum Gasteiger partial charge on any atom is 0.252 e. The van der Waals surface area contributed by atoms with Gasteiger partial charge < -0.3 is 15.0 Å². The highest BCUT2D eigenvalue weighted by atomic mass is 16.5. The molecule has 2 aliphatic heterocycles. The van der Waals surface area contributed by atoms with Crippen LogP contribution >= 0.6 is 0 Å². The molecule has 150 valence electrons. The fourth-order valence-electron chi connectivity index (χ4n) is 4.58. The number of nitrogens with one attached hydrogen (secondary N) is 1. The van der Waals surface area contributed by atoms with Crippen LogP contribution in [0.3, 0.4) is 0 Å². The minimum atomic E-state index is -0.390. The van der Waals surface area contributed by atoms with E-state index in [0.29, 0.717) is 13.2 Å². The summed E-state index contributed by atoms with van der Waals surface area (Å²) < 4.78 is 5.57. The summed E-state index contributed by atoms with van der Waals surface area (Å²) in [4.78, 5) is 27.6. The van der Waals surface area contributed by atoms with Crippen molar-refractivity contribution in [2.24, 2.45) is 0 Å². The SMILES string of the molecule is O=C([C@@H]1CCCO1)N1CCc2ccc(NC(=O)C3(c4ccccc4)CC3)cc2C1. The quantitative estimate of drug-likeness (QED) is 0.870. The Morgan fingerprint density at radius 2 is 1.90 bits per heavy atom. The average Bonchev–Trinajstić information content (AvgIpc) is 3.40. The minimum absolute atomic E-state index is 0.0618. The maximum absolute atomic E-state index is 13.0. The van der Waals surface area contributed by atoms with Crippen LogP contribution in [0, 0.1) is 0 Å². The van der Waals surface area contributed by atoms with Gasteiger partial charge in [-0.3, -0.25) is 9.59 Å². The molecule has 0 bridgehead atoms. The van der Waals surface area contributed by atoms with E-state index < -0.39 is 0 Å². The molecular formula is C24H26N2O3. The number of carbonyl (C=O) groups excluding carboxylic acids is 2. The summed E-state index contributed by atoms with van der Waals surface area (Å²) in [6.45, 7) is 2.00. The van der Waals surface area contributed by atoms with E-state index >= 15 is 0 Å². The monoisotopic (exact) mass is 390 g/mol. The van der Waals surface area contributed by atoms with Crippen LogP contribution in [0.2, 0.25) is 0 Å². The number of carbonyl (C=O) groups is 2. The summed E-state index contributed by atoms with van der Waals surface area (Å²) >= 11 is 0. The van der Waals surface area contributed by atoms with Crippen molar-refractivity contribution >= 4 is 17.5 Å². The summed E-state index contributed by atoms with van der Waals surface area (Å²) in [6, 6.07) is 16.1. The van der Waals surface area contributed by atoms with Crippen LogP contribution in [-0.2, 0) is 32.7 Å². The molecule has 0 radical (unpaired) electrons. The van der Waals surface area contributed by atoms with Gasteiger partial charge in [-0.2, -0.15) is 0 Å². The van der Waals surface area contributed by atoms with Crippen molar-refractivity contribution in [2.75, 3.05) is 18.5 Å². The lowest BCUT2D eigenvalue weighted by atomic mass is 9.94. The topological polar surface area (TPSA) is 58.6 Å². The molecule has 1 aliphatic carbocycles. The third-order valence-electron chi connectivity index (χ3n) is 6.50. The van der Waals surface area contributed by atoms with E-state index in [1.807, 2.05) is 47.4 Å². The van der Waals surface area contributed by atoms with Crippen molar-refractivity contribution in [1.29, 1.82) is 0 Å². The first-order valence-electron chi connectivity index (χ1n) is 10.5. The molecule has 1 N–H and O–H groups in total. The molecule has 2 amide bonds. The van der Waals surface area contributed by atoms with Gasteiger partial charge in [-0.15, -0.1) is 0 Å². The van der Waals surface area contributed by atoms with Crippen LogP contribution in [-0.4, -0.2) is 36.0 Å². The number of rotatable bonds is 4. The number of hydrogen-bond acceptors (Lipinski definition) is 3. The third kappa shape index (κ3) is 3.44. The highest BCUT2D eigenvalue weighted by Gasteiger charge is 2.51. The predicted molar refractivity (Wildman–Crippen MR) is 111 cm³/mol. The number of hydrogen-bond donors (Lipinski definition) is 1. The molecule has 29 heavy (non-hydrogen) atoms. The zero-order chi connectivity index (χ0) is 19.8. The molecule has 2 aromatic carbocycles. The van der Waals surface area contributed by atoms with E-state index in [1.165, 1.54) is 5.56 Å². The van der Waals surface area contributed by atoms with Crippen LogP contribution < -0.4 is 5.32 Å². The molecule has 5 nitrogen and oxygen atoms in total. The van der Waals surface area contributed by atoms with Crippen molar-refractivity contribution in [3.8, 4) is 0 Å². The Hall–Kier alpha value is -2.66. The minimum Gasteiger partial charge on any atom is -0.368 e. The van der Waals surface area contributed by atoms with Gasteiger partial charge in [0.05, 0.1) is 5.41 Å². The van der Waals surface area contributed by atoms with Crippen LogP contribution in [0.1, 0.15) is 42.4 Å². The average molecular weight is 390 g/mol. The number of nitrogens with zero attached hydrogens (tertiary/aromatic N) is 1. The molecule has 0 aromatic heterocycles. The van der Waals surface area contributed by atoms with Crippen molar-refractivity contribution in [3.05, 3.63) is 65.2 Å². The van der Waals surface area contributed by atoms with Gasteiger partial charge in [-0.05, 0) is 60.9 Å². The van der Waals surface area contributed by atoms with Crippen LogP contribution in [0.15, 0.2) is 48.5 Å². The van der Waals surface area contributed by atoms with Gasteiger partial charge in [0.25, 0.3) is 5.91 Å². The van der Waals surface area contributed by atoms with Gasteiger partial charge >= 0.3 is 0 Å². The van der Waals surface area contributed by atoms with Gasteiger partial charge in [-0.1, -0.05) is 36.4 Å². The van der Waals surface area contributed by atoms with E-state index in [0.717, 1.165) is 55.5 Å². The number of fused-ring (bicyclic) bond motifs is 1. The smallest absolute Gasteiger partial charge is 0.252 e. The summed E-state index contributed by atoms with van der Waals surface area (Å²) in [6.07, 6.45) is 4.12. The van der Waals surface area contributed by atoms with Crippen molar-refractivity contribution < 1.29 is 14.3 Å². The van der Waals surface area contributed by atoms with E-state index in [9.17, 15) is 9.59 Å². The summed E-state index contributed by atoms with van der Waals surface area (Å²) in [5.41, 5.74) is 3.87. The predicted octanol–water partition coefficient (Wildman–Crippen LogP) is 3.42. The molecule has 2 heterocycles. The normalized spacial score (nSPS) is 22.1. The molecule has 0 spiro atoms. The Bertz CT molecular complexity index is 930. The Morgan fingerprint density at radius 3 is 2.62 bits per heavy atom. The van der Waals surface area contributed by atoms with Crippen molar-refractivity contribution in [1.82, 2.24) is 4.90 Å². The Balaban J connectivity index is 1.30. The molecule has 2 fully saturated rings. The zero-order valence-corrected chi connectivity index (χ0v) is 16.5. The fraction of sp³-hybridized carbons (Fsp3) is 0.417. The van der Waals surface area contributed by atoms with Crippen LogP contribution in [0.5, 0.6) is 0 Å². The number of benzene rings is 2. The lowest BCUT2D eigenvalue weighted by Crippen LogP contribution is -2.41. The first-order valence-corrected chi connectivity index (χ1v) is 10.5. The lowest BCUT2D eigenvalue weighted by Gasteiger charge is -2.31. The Morgan fingerprint density at radius 1 is 1.07 bits per heavy atom. The highest BCUT2D eigenvalue weighted by molar-refractivity contribution is 6.01. The van der Waals surface area contributed by atoms with E-state index in [-0.39, 0.29) is 23.3 Å². The van der Waals surface area contributed by atoms with E-state index in [4.69, 9.17) is 4.74 Å². The fourth-order valence-corrected chi connectivity index (χ4v) is 4.58. The molecule has 2 aromatic rings. The van der Waals surface area contributed by atoms with Gasteiger partial charge in [0.1, 0.15) is 6.10 Å². The van der Waals surface area contributed by atoms with Crippen LogP contribution in [0.25, 0.3) is 0 Å². The first kappa shape index (κ1) is 18.4.